The molecule has 2 N–H and O–H groups in total. The lowest BCUT2D eigenvalue weighted by atomic mass is 10.1. The van der Waals surface area contributed by atoms with Crippen LogP contribution in [0.1, 0.15) is 10.4 Å². The number of primary amides is 1. The maximum Gasteiger partial charge on any atom is 0.227 e. The third-order valence-electron chi connectivity index (χ3n) is 2.46. The van der Waals surface area contributed by atoms with Crippen molar-refractivity contribution in [1.29, 1.82) is 0 Å². The average Bonchev–Trinajstić information content (AvgIpc) is 2.98. The van der Waals surface area contributed by atoms with Crippen molar-refractivity contribution in [2.45, 2.75) is 8.68 Å². The fourth-order valence-corrected chi connectivity index (χ4v) is 4.09. The van der Waals surface area contributed by atoms with Crippen LogP contribution in [0, 0.1) is 0 Å². The monoisotopic (exact) mass is 355 g/mol. The molecule has 0 bridgehead atoms. The van der Waals surface area contributed by atoms with Crippen molar-refractivity contribution in [3.8, 4) is 5.75 Å². The average molecular weight is 355 g/mol. The first kappa shape index (κ1) is 16.8. The summed E-state index contributed by atoms with van der Waals surface area (Å²) in [4.78, 5) is 22.8. The molecule has 0 saturated carbocycles. The van der Waals surface area contributed by atoms with Gasteiger partial charge in [0.15, 0.2) is 14.5 Å². The van der Waals surface area contributed by atoms with E-state index in [2.05, 4.69) is 10.2 Å². The van der Waals surface area contributed by atoms with Gasteiger partial charge in [-0.1, -0.05) is 34.9 Å². The van der Waals surface area contributed by atoms with Gasteiger partial charge in [-0.05, 0) is 24.3 Å². The van der Waals surface area contributed by atoms with E-state index in [1.54, 1.807) is 31.4 Å². The Bertz CT molecular complexity index is 658. The number of carbonyl (C=O) groups excluding carboxylic acids is 2. The SMILES string of the molecule is COc1ccc(C(=O)CSc2nnc(SCC(N)=O)s2)cc1. The lowest BCUT2D eigenvalue weighted by molar-refractivity contribution is -0.115. The summed E-state index contributed by atoms with van der Waals surface area (Å²) >= 11 is 3.91. The van der Waals surface area contributed by atoms with Crippen molar-refractivity contribution in [1.82, 2.24) is 10.2 Å². The van der Waals surface area contributed by atoms with Gasteiger partial charge < -0.3 is 10.5 Å². The van der Waals surface area contributed by atoms with Crippen molar-refractivity contribution in [2.75, 3.05) is 18.6 Å². The molecule has 0 aliphatic rings. The summed E-state index contributed by atoms with van der Waals surface area (Å²) in [6, 6.07) is 6.97. The van der Waals surface area contributed by atoms with Gasteiger partial charge in [-0.2, -0.15) is 0 Å². The highest BCUT2D eigenvalue weighted by Crippen LogP contribution is 2.29. The second-order valence-electron chi connectivity index (χ2n) is 4.03. The van der Waals surface area contributed by atoms with Crippen molar-refractivity contribution in [3.63, 3.8) is 0 Å². The smallest absolute Gasteiger partial charge is 0.227 e. The van der Waals surface area contributed by atoms with Crippen LogP contribution in [-0.2, 0) is 4.79 Å². The van der Waals surface area contributed by atoms with Gasteiger partial charge in [0.2, 0.25) is 5.91 Å². The molecule has 9 heteroatoms. The predicted molar refractivity (Wildman–Crippen MR) is 87.9 cm³/mol. The molecule has 0 fully saturated rings. The molecule has 1 aromatic heterocycles. The van der Waals surface area contributed by atoms with E-state index in [0.717, 1.165) is 0 Å². The quantitative estimate of drug-likeness (QED) is 0.572. The van der Waals surface area contributed by atoms with E-state index in [1.165, 1.54) is 34.9 Å². The number of hydrogen-bond acceptors (Lipinski definition) is 8. The normalized spacial score (nSPS) is 10.4. The summed E-state index contributed by atoms with van der Waals surface area (Å²) in [5, 5.41) is 7.91. The molecule has 116 valence electrons. The molecular weight excluding hydrogens is 342 g/mol. The van der Waals surface area contributed by atoms with Crippen LogP contribution in [0.3, 0.4) is 0 Å². The van der Waals surface area contributed by atoms with Gasteiger partial charge in [-0.15, -0.1) is 10.2 Å². The molecule has 1 heterocycles. The fourth-order valence-electron chi connectivity index (χ4n) is 1.43. The maximum absolute atomic E-state index is 12.1. The number of rotatable bonds is 8. The topological polar surface area (TPSA) is 95.2 Å². The molecule has 1 aromatic carbocycles. The Morgan fingerprint density at radius 1 is 1.14 bits per heavy atom. The van der Waals surface area contributed by atoms with Gasteiger partial charge in [-0.3, -0.25) is 9.59 Å². The van der Waals surface area contributed by atoms with Crippen molar-refractivity contribution in [3.05, 3.63) is 29.8 Å². The number of Topliss-reactive ketones (excluding diaryl/α,β-unsaturated/α-hetero) is 1. The second-order valence-corrected chi connectivity index (χ2v) is 7.45. The summed E-state index contributed by atoms with van der Waals surface area (Å²) in [5.41, 5.74) is 5.69. The zero-order valence-electron chi connectivity index (χ0n) is 11.6. The molecule has 0 radical (unpaired) electrons. The lowest BCUT2D eigenvalue weighted by Gasteiger charge is -2.01. The molecule has 1 amide bonds. The number of methoxy groups -OCH3 is 1. The Kier molecular flexibility index (Phi) is 6.22. The Labute approximate surface area is 139 Å². The maximum atomic E-state index is 12.1. The molecule has 2 aromatic rings. The minimum absolute atomic E-state index is 0.00851. The van der Waals surface area contributed by atoms with E-state index < -0.39 is 5.91 Å². The lowest BCUT2D eigenvalue weighted by Crippen LogP contribution is -2.12. The molecule has 2 rings (SSSR count). The van der Waals surface area contributed by atoms with Gasteiger partial charge in [-0.25, -0.2) is 0 Å². The standard InChI is InChI=1S/C13H13N3O3S3/c1-19-9-4-2-8(3-5-9)10(17)6-20-12-15-16-13(22-12)21-7-11(14)18/h2-5H,6-7H2,1H3,(H2,14,18). The zero-order chi connectivity index (χ0) is 15.9. The van der Waals surface area contributed by atoms with E-state index in [0.29, 0.717) is 20.0 Å². The number of benzene rings is 1. The number of aromatic nitrogens is 2. The Balaban J connectivity index is 1.86. The van der Waals surface area contributed by atoms with Crippen LogP contribution < -0.4 is 10.5 Å². The van der Waals surface area contributed by atoms with Crippen LogP contribution in [0.4, 0.5) is 0 Å². The molecule has 0 atom stereocenters. The highest BCUT2D eigenvalue weighted by atomic mass is 32.2. The Morgan fingerprint density at radius 3 is 2.27 bits per heavy atom. The summed E-state index contributed by atoms with van der Waals surface area (Å²) < 4.78 is 6.41. The van der Waals surface area contributed by atoms with E-state index in [9.17, 15) is 9.59 Å². The van der Waals surface area contributed by atoms with Crippen LogP contribution in [-0.4, -0.2) is 40.5 Å². The summed E-state index contributed by atoms with van der Waals surface area (Å²) in [7, 11) is 1.58. The predicted octanol–water partition coefficient (Wildman–Crippen LogP) is 2.10. The number of ether oxygens (including phenoxy) is 1. The van der Waals surface area contributed by atoms with Crippen LogP contribution in [0.15, 0.2) is 32.9 Å². The second kappa shape index (κ2) is 8.16. The van der Waals surface area contributed by atoms with Crippen molar-refractivity contribution in [2.24, 2.45) is 5.73 Å². The molecular formula is C13H13N3O3S3. The minimum atomic E-state index is -0.399. The highest BCUT2D eigenvalue weighted by Gasteiger charge is 2.11. The number of ketones is 1. The summed E-state index contributed by atoms with van der Waals surface area (Å²) in [6.07, 6.45) is 0. The van der Waals surface area contributed by atoms with Gasteiger partial charge in [0.05, 0.1) is 18.6 Å². The molecule has 6 nitrogen and oxygen atoms in total. The summed E-state index contributed by atoms with van der Waals surface area (Å²) in [6.45, 7) is 0. The zero-order valence-corrected chi connectivity index (χ0v) is 14.1. The molecule has 0 aliphatic carbocycles. The number of nitrogens with zero attached hydrogens (tertiary/aromatic N) is 2. The minimum Gasteiger partial charge on any atom is -0.497 e. The first-order valence-electron chi connectivity index (χ1n) is 6.13. The third-order valence-corrected chi connectivity index (χ3v) is 5.68. The van der Waals surface area contributed by atoms with Crippen LogP contribution >= 0.6 is 34.9 Å². The number of carbonyl (C=O) groups is 2. The molecule has 22 heavy (non-hydrogen) atoms. The van der Waals surface area contributed by atoms with Gasteiger partial charge in [0.25, 0.3) is 0 Å². The highest BCUT2D eigenvalue weighted by molar-refractivity contribution is 8.03. The first-order chi connectivity index (χ1) is 10.6. The molecule has 0 aliphatic heterocycles. The third kappa shape index (κ3) is 5.00. The van der Waals surface area contributed by atoms with Crippen molar-refractivity contribution < 1.29 is 14.3 Å². The van der Waals surface area contributed by atoms with Crippen molar-refractivity contribution >= 4 is 46.6 Å². The first-order valence-corrected chi connectivity index (χ1v) is 8.92. The number of hydrogen-bond donors (Lipinski definition) is 1. The number of amides is 1. The van der Waals surface area contributed by atoms with Gasteiger partial charge >= 0.3 is 0 Å². The van der Waals surface area contributed by atoms with E-state index in [4.69, 9.17) is 10.5 Å². The van der Waals surface area contributed by atoms with E-state index in [-0.39, 0.29) is 17.3 Å². The molecule has 0 saturated heterocycles. The molecule has 0 unspecified atom stereocenters. The molecule has 0 spiro atoms. The van der Waals surface area contributed by atoms with E-state index in [1.807, 2.05) is 0 Å². The Hall–Kier alpha value is -1.58. The number of nitrogens with two attached hydrogens (primary N) is 1. The summed E-state index contributed by atoms with van der Waals surface area (Å²) in [5.74, 6) is 0.772. The Morgan fingerprint density at radius 2 is 1.73 bits per heavy atom. The van der Waals surface area contributed by atoms with Gasteiger partial charge in [0.1, 0.15) is 5.75 Å². The van der Waals surface area contributed by atoms with Gasteiger partial charge in [0, 0.05) is 5.56 Å². The largest absolute Gasteiger partial charge is 0.497 e. The van der Waals surface area contributed by atoms with Crippen LogP contribution in [0.2, 0.25) is 0 Å². The van der Waals surface area contributed by atoms with E-state index >= 15 is 0 Å². The van der Waals surface area contributed by atoms with Crippen LogP contribution in [0.25, 0.3) is 0 Å². The fraction of sp³-hybridized carbons (Fsp3) is 0.231. The number of thioether (sulfide) groups is 2. The van der Waals surface area contributed by atoms with Crippen LogP contribution in [0.5, 0.6) is 5.75 Å².